The van der Waals surface area contributed by atoms with Gasteiger partial charge in [-0.05, 0) is 43.7 Å². The molecule has 0 atom stereocenters. The van der Waals surface area contributed by atoms with E-state index in [0.717, 1.165) is 19.2 Å². The third-order valence-corrected chi connectivity index (χ3v) is 4.06. The van der Waals surface area contributed by atoms with E-state index in [1.54, 1.807) is 11.3 Å². The maximum Gasteiger partial charge on any atom is 0.0813 e. The summed E-state index contributed by atoms with van der Waals surface area (Å²) in [5, 5.41) is 5.63. The number of ether oxygens (including phenoxy) is 1. The van der Waals surface area contributed by atoms with E-state index in [1.165, 1.54) is 30.6 Å². The van der Waals surface area contributed by atoms with E-state index < -0.39 is 0 Å². The molecular weight excluding hydrogens is 218 g/mol. The summed E-state index contributed by atoms with van der Waals surface area (Å²) < 4.78 is 5.94. The van der Waals surface area contributed by atoms with Crippen LogP contribution in [-0.4, -0.2) is 18.7 Å². The third kappa shape index (κ3) is 3.58. The van der Waals surface area contributed by atoms with Crippen LogP contribution in [0.15, 0.2) is 17.5 Å². The molecule has 0 unspecified atom stereocenters. The smallest absolute Gasteiger partial charge is 0.0813 e. The molecule has 16 heavy (non-hydrogen) atoms. The van der Waals surface area contributed by atoms with Gasteiger partial charge in [-0.2, -0.15) is 0 Å². The molecule has 2 rings (SSSR count). The molecular formula is C13H21NOS. The van der Waals surface area contributed by atoms with Crippen molar-refractivity contribution in [3.63, 3.8) is 0 Å². The highest BCUT2D eigenvalue weighted by Gasteiger charge is 2.20. The molecule has 90 valence electrons. The topological polar surface area (TPSA) is 21.3 Å². The fourth-order valence-corrected chi connectivity index (χ4v) is 2.94. The Morgan fingerprint density at radius 3 is 2.81 bits per heavy atom. The Bertz CT molecular complexity index is 278. The molecule has 0 bridgehead atoms. The summed E-state index contributed by atoms with van der Waals surface area (Å²) >= 11 is 1.78. The van der Waals surface area contributed by atoms with E-state index in [0.29, 0.717) is 6.10 Å². The highest BCUT2D eigenvalue weighted by Crippen LogP contribution is 2.22. The Balaban J connectivity index is 1.65. The minimum Gasteiger partial charge on any atom is -0.373 e. The predicted octanol–water partition coefficient (Wildman–Crippen LogP) is 3.19. The number of nitrogens with one attached hydrogen (secondary N) is 1. The molecule has 2 nitrogen and oxygen atoms in total. The van der Waals surface area contributed by atoms with Gasteiger partial charge in [0.25, 0.3) is 0 Å². The number of hydrogen-bond donors (Lipinski definition) is 1. The molecule has 1 saturated carbocycles. The predicted molar refractivity (Wildman–Crippen MR) is 68.8 cm³/mol. The maximum absolute atomic E-state index is 5.94. The van der Waals surface area contributed by atoms with Gasteiger partial charge in [0.15, 0.2) is 0 Å². The van der Waals surface area contributed by atoms with Crippen LogP contribution in [-0.2, 0) is 11.3 Å². The molecule has 0 saturated heterocycles. The lowest BCUT2D eigenvalue weighted by atomic mass is 9.93. The molecule has 1 aromatic rings. The molecule has 0 aliphatic heterocycles. The van der Waals surface area contributed by atoms with Crippen LogP contribution in [0.25, 0.3) is 0 Å². The van der Waals surface area contributed by atoms with Gasteiger partial charge in [-0.1, -0.05) is 13.0 Å². The highest BCUT2D eigenvalue weighted by atomic mass is 32.1. The Labute approximate surface area is 102 Å². The normalized spacial score (nSPS) is 25.8. The summed E-state index contributed by atoms with van der Waals surface area (Å²) in [7, 11) is 0. The number of thiophene rings is 1. The summed E-state index contributed by atoms with van der Waals surface area (Å²) in [6.07, 6.45) is 5.44. The summed E-state index contributed by atoms with van der Waals surface area (Å²) in [5.41, 5.74) is 0. The first-order chi connectivity index (χ1) is 7.88. The second kappa shape index (κ2) is 6.38. The molecule has 0 radical (unpaired) electrons. The van der Waals surface area contributed by atoms with Crippen LogP contribution in [0.2, 0.25) is 0 Å². The Morgan fingerprint density at radius 2 is 2.19 bits per heavy atom. The largest absolute Gasteiger partial charge is 0.373 e. The van der Waals surface area contributed by atoms with Crippen molar-refractivity contribution < 1.29 is 4.74 Å². The van der Waals surface area contributed by atoms with E-state index in [9.17, 15) is 0 Å². The van der Waals surface area contributed by atoms with E-state index in [2.05, 4.69) is 29.8 Å². The van der Waals surface area contributed by atoms with Gasteiger partial charge >= 0.3 is 0 Å². The van der Waals surface area contributed by atoms with Gasteiger partial charge in [0.2, 0.25) is 0 Å². The third-order valence-electron chi connectivity index (χ3n) is 3.21. The lowest BCUT2D eigenvalue weighted by Gasteiger charge is -2.28. The minimum atomic E-state index is 0.483. The van der Waals surface area contributed by atoms with Crippen molar-refractivity contribution in [2.24, 2.45) is 0 Å². The average Bonchev–Trinajstić information content (AvgIpc) is 2.82. The van der Waals surface area contributed by atoms with Crippen molar-refractivity contribution in [3.8, 4) is 0 Å². The lowest BCUT2D eigenvalue weighted by Crippen LogP contribution is -2.35. The summed E-state index contributed by atoms with van der Waals surface area (Å²) in [6.45, 7) is 4.07. The molecule has 3 heteroatoms. The second-order valence-electron chi connectivity index (χ2n) is 4.42. The summed E-state index contributed by atoms with van der Waals surface area (Å²) in [5.74, 6) is 0. The van der Waals surface area contributed by atoms with Crippen LogP contribution in [0.5, 0.6) is 0 Å². The molecule has 0 spiro atoms. The van der Waals surface area contributed by atoms with E-state index >= 15 is 0 Å². The van der Waals surface area contributed by atoms with Crippen molar-refractivity contribution >= 4 is 11.3 Å². The fraction of sp³-hybridized carbons (Fsp3) is 0.692. The first kappa shape index (κ1) is 12.1. The van der Waals surface area contributed by atoms with E-state index in [1.807, 2.05) is 0 Å². The monoisotopic (exact) mass is 239 g/mol. The van der Waals surface area contributed by atoms with Gasteiger partial charge in [0, 0.05) is 10.9 Å². The van der Waals surface area contributed by atoms with E-state index in [4.69, 9.17) is 4.74 Å². The number of hydrogen-bond acceptors (Lipinski definition) is 3. The maximum atomic E-state index is 5.94. The molecule has 1 N–H and O–H groups in total. The van der Waals surface area contributed by atoms with Gasteiger partial charge in [-0.3, -0.25) is 0 Å². The quantitative estimate of drug-likeness (QED) is 0.852. The van der Waals surface area contributed by atoms with Crippen LogP contribution >= 0.6 is 11.3 Å². The lowest BCUT2D eigenvalue weighted by molar-refractivity contribution is 0.0127. The highest BCUT2D eigenvalue weighted by molar-refractivity contribution is 7.09. The van der Waals surface area contributed by atoms with Gasteiger partial charge in [0.1, 0.15) is 0 Å². The fourth-order valence-electron chi connectivity index (χ4n) is 2.32. The van der Waals surface area contributed by atoms with Crippen molar-refractivity contribution in [2.45, 2.75) is 51.4 Å². The zero-order valence-electron chi connectivity index (χ0n) is 9.95. The molecule has 1 aromatic heterocycles. The standard InChI is InChI=1S/C13H21NOS/c1-2-14-11-5-7-12(8-6-11)15-10-13-4-3-9-16-13/h3-4,9,11-12,14H,2,5-8,10H2,1H3. The molecule has 1 heterocycles. The Hall–Kier alpha value is -0.380. The summed E-state index contributed by atoms with van der Waals surface area (Å²) in [4.78, 5) is 1.34. The van der Waals surface area contributed by atoms with E-state index in [-0.39, 0.29) is 0 Å². The average molecular weight is 239 g/mol. The molecule has 1 aliphatic rings. The molecule has 0 amide bonds. The van der Waals surface area contributed by atoms with Crippen LogP contribution in [0.4, 0.5) is 0 Å². The Kier molecular flexibility index (Phi) is 4.82. The van der Waals surface area contributed by atoms with Crippen molar-refractivity contribution in [1.29, 1.82) is 0 Å². The van der Waals surface area contributed by atoms with Crippen LogP contribution < -0.4 is 5.32 Å². The second-order valence-corrected chi connectivity index (χ2v) is 5.45. The van der Waals surface area contributed by atoms with Gasteiger partial charge in [-0.15, -0.1) is 11.3 Å². The van der Waals surface area contributed by atoms with Gasteiger partial charge in [-0.25, -0.2) is 0 Å². The number of rotatable bonds is 5. The minimum absolute atomic E-state index is 0.483. The van der Waals surface area contributed by atoms with Crippen molar-refractivity contribution in [2.75, 3.05) is 6.54 Å². The first-order valence-corrected chi connectivity index (χ1v) is 7.14. The SMILES string of the molecule is CCNC1CCC(OCc2cccs2)CC1. The molecule has 1 aliphatic carbocycles. The molecule has 1 fully saturated rings. The molecule has 0 aromatic carbocycles. The van der Waals surface area contributed by atoms with Crippen molar-refractivity contribution in [1.82, 2.24) is 5.32 Å². The summed E-state index contributed by atoms with van der Waals surface area (Å²) in [6, 6.07) is 4.96. The van der Waals surface area contributed by atoms with Crippen LogP contribution in [0.1, 0.15) is 37.5 Å². The zero-order chi connectivity index (χ0) is 11.2. The zero-order valence-corrected chi connectivity index (χ0v) is 10.8. The van der Waals surface area contributed by atoms with Crippen molar-refractivity contribution in [3.05, 3.63) is 22.4 Å². The van der Waals surface area contributed by atoms with Gasteiger partial charge in [0.05, 0.1) is 12.7 Å². The first-order valence-electron chi connectivity index (χ1n) is 6.26. The van der Waals surface area contributed by atoms with Gasteiger partial charge < -0.3 is 10.1 Å². The van der Waals surface area contributed by atoms with Crippen LogP contribution in [0, 0.1) is 0 Å². The van der Waals surface area contributed by atoms with Crippen LogP contribution in [0.3, 0.4) is 0 Å². The Morgan fingerprint density at radius 1 is 1.38 bits per heavy atom.